The summed E-state index contributed by atoms with van der Waals surface area (Å²) in [6.07, 6.45) is 0.993. The lowest BCUT2D eigenvalue weighted by atomic mass is 9.99. The van der Waals surface area contributed by atoms with Gasteiger partial charge in [-0.15, -0.1) is 0 Å². The molecule has 1 aromatic carbocycles. The van der Waals surface area contributed by atoms with Crippen LogP contribution in [0.4, 0.5) is 0 Å². The molecule has 1 heteroatoms. The molecule has 0 aliphatic heterocycles. The maximum absolute atomic E-state index is 4.73. The maximum atomic E-state index is 4.73. The fourth-order valence-corrected chi connectivity index (χ4v) is 2.58. The van der Waals surface area contributed by atoms with Crippen molar-refractivity contribution in [3.8, 4) is 11.1 Å². The molecule has 1 nitrogen and oxygen atoms in total. The highest BCUT2D eigenvalue weighted by atomic mass is 14.7. The molecule has 86 valence electrons. The highest BCUT2D eigenvalue weighted by molar-refractivity contribution is 5.77. The molecular weight excluding hydrogens is 206 g/mol. The second-order valence-electron chi connectivity index (χ2n) is 5.16. The van der Waals surface area contributed by atoms with E-state index in [2.05, 4.69) is 45.9 Å². The summed E-state index contributed by atoms with van der Waals surface area (Å²) in [6.45, 7) is 8.60. The number of rotatable bonds is 0. The number of aromatic nitrogens is 1. The predicted molar refractivity (Wildman–Crippen MR) is 71.4 cm³/mol. The second-order valence-corrected chi connectivity index (χ2v) is 5.16. The third-order valence-corrected chi connectivity index (χ3v) is 3.91. The largest absolute Gasteiger partial charge is 0.257 e. The first kappa shape index (κ1) is 10.5. The van der Waals surface area contributed by atoms with Gasteiger partial charge in [0.15, 0.2) is 0 Å². The molecule has 0 N–H and O–H groups in total. The van der Waals surface area contributed by atoms with Crippen molar-refractivity contribution in [2.75, 3.05) is 0 Å². The lowest BCUT2D eigenvalue weighted by Crippen LogP contribution is -1.92. The quantitative estimate of drug-likeness (QED) is 0.563. The lowest BCUT2D eigenvalue weighted by molar-refractivity contribution is 1.05. The number of aryl methyl sites for hydroxylation is 4. The molecule has 1 aliphatic carbocycles. The molecule has 2 aromatic rings. The van der Waals surface area contributed by atoms with E-state index in [9.17, 15) is 0 Å². The molecule has 0 saturated heterocycles. The van der Waals surface area contributed by atoms with Crippen molar-refractivity contribution in [3.05, 3.63) is 51.8 Å². The molecule has 1 heterocycles. The van der Waals surface area contributed by atoms with Crippen LogP contribution in [-0.2, 0) is 6.42 Å². The molecule has 0 fully saturated rings. The van der Waals surface area contributed by atoms with Crippen LogP contribution in [0.3, 0.4) is 0 Å². The zero-order valence-corrected chi connectivity index (χ0v) is 10.9. The van der Waals surface area contributed by atoms with Gasteiger partial charge in [0, 0.05) is 17.7 Å². The molecule has 0 bridgehead atoms. The van der Waals surface area contributed by atoms with Crippen molar-refractivity contribution in [1.82, 2.24) is 4.98 Å². The molecule has 0 spiro atoms. The first-order valence-electron chi connectivity index (χ1n) is 6.14. The first-order chi connectivity index (χ1) is 8.06. The average molecular weight is 223 g/mol. The molecule has 0 saturated carbocycles. The Bertz CT molecular complexity index is 568. The van der Waals surface area contributed by atoms with Crippen LogP contribution in [0.5, 0.6) is 0 Å². The van der Waals surface area contributed by atoms with E-state index < -0.39 is 0 Å². The third kappa shape index (κ3) is 1.49. The van der Waals surface area contributed by atoms with Gasteiger partial charge in [-0.25, -0.2) is 0 Å². The number of pyridine rings is 1. The van der Waals surface area contributed by atoms with Crippen LogP contribution < -0.4 is 0 Å². The van der Waals surface area contributed by atoms with Crippen LogP contribution in [0.1, 0.15) is 33.6 Å². The number of benzene rings is 1. The molecule has 1 aliphatic rings. The Labute approximate surface area is 103 Å². The van der Waals surface area contributed by atoms with Crippen molar-refractivity contribution in [2.24, 2.45) is 0 Å². The molecule has 17 heavy (non-hydrogen) atoms. The number of hydrogen-bond acceptors (Lipinski definition) is 1. The van der Waals surface area contributed by atoms with Gasteiger partial charge >= 0.3 is 0 Å². The minimum absolute atomic E-state index is 0.993. The molecule has 0 radical (unpaired) electrons. The number of nitrogens with zero attached hydrogens (tertiary/aromatic N) is 1. The highest BCUT2D eigenvalue weighted by Gasteiger charge is 2.21. The number of hydrogen-bond donors (Lipinski definition) is 0. The van der Waals surface area contributed by atoms with Crippen molar-refractivity contribution in [3.63, 3.8) is 0 Å². The highest BCUT2D eigenvalue weighted by Crippen LogP contribution is 2.37. The lowest BCUT2D eigenvalue weighted by Gasteiger charge is -2.07. The topological polar surface area (TPSA) is 12.9 Å². The average Bonchev–Trinajstić information content (AvgIpc) is 2.58. The zero-order chi connectivity index (χ0) is 12.2. The summed E-state index contributed by atoms with van der Waals surface area (Å²) in [6, 6.07) is 6.92. The third-order valence-electron chi connectivity index (χ3n) is 3.91. The Morgan fingerprint density at radius 3 is 2.24 bits per heavy atom. The molecule has 0 atom stereocenters. The second kappa shape index (κ2) is 3.43. The van der Waals surface area contributed by atoms with Crippen LogP contribution in [0, 0.1) is 27.7 Å². The molecule has 1 aromatic heterocycles. The summed E-state index contributed by atoms with van der Waals surface area (Å²) in [5.41, 5.74) is 10.6. The summed E-state index contributed by atoms with van der Waals surface area (Å²) in [4.78, 5) is 4.73. The van der Waals surface area contributed by atoms with Gasteiger partial charge < -0.3 is 0 Å². The van der Waals surface area contributed by atoms with Crippen LogP contribution >= 0.6 is 0 Å². The van der Waals surface area contributed by atoms with Gasteiger partial charge in [-0.1, -0.05) is 12.1 Å². The van der Waals surface area contributed by atoms with E-state index in [4.69, 9.17) is 4.98 Å². The Balaban J connectivity index is 2.27. The predicted octanol–water partition coefficient (Wildman–Crippen LogP) is 3.89. The maximum Gasteiger partial charge on any atom is 0.0529 e. The van der Waals surface area contributed by atoms with Gasteiger partial charge in [-0.3, -0.25) is 4.98 Å². The minimum Gasteiger partial charge on any atom is -0.257 e. The Hall–Kier alpha value is -1.63. The van der Waals surface area contributed by atoms with E-state index in [0.717, 1.165) is 12.1 Å². The van der Waals surface area contributed by atoms with Gasteiger partial charge in [-0.05, 0) is 61.6 Å². The molecule has 0 unspecified atom stereocenters. The Kier molecular flexibility index (Phi) is 2.12. The molecule has 0 amide bonds. The summed E-state index contributed by atoms with van der Waals surface area (Å²) in [7, 11) is 0. The monoisotopic (exact) mass is 223 g/mol. The fraction of sp³-hybridized carbons (Fsp3) is 0.312. The van der Waals surface area contributed by atoms with Gasteiger partial charge in [0.2, 0.25) is 0 Å². The van der Waals surface area contributed by atoms with Crippen molar-refractivity contribution >= 4 is 0 Å². The van der Waals surface area contributed by atoms with Crippen LogP contribution in [-0.4, -0.2) is 4.98 Å². The minimum atomic E-state index is 0.993. The summed E-state index contributed by atoms with van der Waals surface area (Å²) in [5.74, 6) is 0. The van der Waals surface area contributed by atoms with E-state index in [0.29, 0.717) is 0 Å². The fourth-order valence-electron chi connectivity index (χ4n) is 2.58. The van der Waals surface area contributed by atoms with Crippen LogP contribution in [0.15, 0.2) is 18.2 Å². The van der Waals surface area contributed by atoms with Crippen molar-refractivity contribution < 1.29 is 0 Å². The van der Waals surface area contributed by atoms with E-state index >= 15 is 0 Å². The standard InChI is InChI=1S/C16H17N/c1-9-5-13-8-16-15(14(13)6-10(9)2)7-11(3)12(4)17-16/h5-7H,8H2,1-4H3. The molecular formula is C16H17N. The Morgan fingerprint density at radius 2 is 1.47 bits per heavy atom. The van der Waals surface area contributed by atoms with Gasteiger partial charge in [0.1, 0.15) is 0 Å². The normalized spacial score (nSPS) is 12.5. The summed E-state index contributed by atoms with van der Waals surface area (Å²) >= 11 is 0. The van der Waals surface area contributed by atoms with Gasteiger partial charge in [0.05, 0.1) is 5.69 Å². The van der Waals surface area contributed by atoms with Gasteiger partial charge in [-0.2, -0.15) is 0 Å². The van der Waals surface area contributed by atoms with Gasteiger partial charge in [0.25, 0.3) is 0 Å². The van der Waals surface area contributed by atoms with Crippen molar-refractivity contribution in [1.29, 1.82) is 0 Å². The van der Waals surface area contributed by atoms with E-state index in [-0.39, 0.29) is 0 Å². The first-order valence-corrected chi connectivity index (χ1v) is 6.14. The van der Waals surface area contributed by atoms with Crippen LogP contribution in [0.25, 0.3) is 11.1 Å². The van der Waals surface area contributed by atoms with E-state index in [1.54, 1.807) is 0 Å². The van der Waals surface area contributed by atoms with Crippen LogP contribution in [0.2, 0.25) is 0 Å². The zero-order valence-electron chi connectivity index (χ0n) is 10.9. The molecule has 3 rings (SSSR count). The summed E-state index contributed by atoms with van der Waals surface area (Å²) in [5, 5.41) is 0. The number of fused-ring (bicyclic) bond motifs is 3. The summed E-state index contributed by atoms with van der Waals surface area (Å²) < 4.78 is 0. The smallest absolute Gasteiger partial charge is 0.0529 e. The SMILES string of the molecule is Cc1cc2c(cc1C)-c1cc(C)c(C)nc1C2. The Morgan fingerprint density at radius 1 is 0.824 bits per heavy atom. The van der Waals surface area contributed by atoms with E-state index in [1.807, 2.05) is 0 Å². The van der Waals surface area contributed by atoms with E-state index in [1.165, 1.54) is 39.1 Å². The van der Waals surface area contributed by atoms with Crippen molar-refractivity contribution in [2.45, 2.75) is 34.1 Å².